The number of nitrogens with two attached hydrogens (primary N) is 1. The fourth-order valence-electron chi connectivity index (χ4n) is 3.90. The topological polar surface area (TPSA) is 108 Å². The average molecular weight is 497 g/mol. The number of amides is 2. The molecule has 0 aliphatic heterocycles. The fourth-order valence-corrected chi connectivity index (χ4v) is 4.03. The minimum absolute atomic E-state index is 0.0661. The molecule has 7 heteroatoms. The van der Waals surface area contributed by atoms with Gasteiger partial charge in [-0.3, -0.25) is 15.0 Å². The molecule has 0 spiro atoms. The second-order valence-electron chi connectivity index (χ2n) is 8.23. The highest BCUT2D eigenvalue weighted by Gasteiger charge is 2.31. The number of hydrogen-bond donors (Lipinski definition) is 4. The molecule has 5 N–H and O–H groups in total. The van der Waals surface area contributed by atoms with Gasteiger partial charge in [0, 0.05) is 16.3 Å². The van der Waals surface area contributed by atoms with Crippen LogP contribution in [0, 0.1) is 5.41 Å². The Morgan fingerprint density at radius 3 is 1.78 bits per heavy atom. The number of rotatable bonds is 8. The monoisotopic (exact) mass is 496 g/mol. The quantitative estimate of drug-likeness (QED) is 0.152. The van der Waals surface area contributed by atoms with Crippen molar-refractivity contribution in [3.63, 3.8) is 0 Å². The number of benzene rings is 4. The Kier molecular flexibility index (Phi) is 7.78. The molecule has 0 bridgehead atoms. The van der Waals surface area contributed by atoms with Gasteiger partial charge >= 0.3 is 0 Å². The number of amidine groups is 1. The van der Waals surface area contributed by atoms with E-state index in [9.17, 15) is 9.59 Å². The molecule has 0 saturated heterocycles. The molecule has 180 valence electrons. The lowest BCUT2D eigenvalue weighted by Gasteiger charge is -2.24. The van der Waals surface area contributed by atoms with Crippen molar-refractivity contribution in [2.24, 2.45) is 5.73 Å². The van der Waals surface area contributed by atoms with E-state index in [1.165, 1.54) is 0 Å². The highest BCUT2D eigenvalue weighted by molar-refractivity contribution is 6.30. The summed E-state index contributed by atoms with van der Waals surface area (Å²) in [7, 11) is 0. The molecule has 0 aromatic heterocycles. The van der Waals surface area contributed by atoms with Gasteiger partial charge in [-0.05, 0) is 53.1 Å². The smallest absolute Gasteiger partial charge is 0.241 e. The lowest BCUT2D eigenvalue weighted by Crippen LogP contribution is -2.39. The van der Waals surface area contributed by atoms with E-state index in [0.29, 0.717) is 21.8 Å². The number of nitrogen functional groups attached to an aromatic ring is 1. The lowest BCUT2D eigenvalue weighted by molar-refractivity contribution is -0.129. The van der Waals surface area contributed by atoms with Crippen LogP contribution in [0.3, 0.4) is 0 Å². The van der Waals surface area contributed by atoms with Crippen LogP contribution in [-0.2, 0) is 9.59 Å². The second kappa shape index (κ2) is 11.3. The highest BCUT2D eigenvalue weighted by atomic mass is 35.5. The summed E-state index contributed by atoms with van der Waals surface area (Å²) >= 11 is 6.09. The third-order valence-corrected chi connectivity index (χ3v) is 6.00. The Morgan fingerprint density at radius 1 is 0.694 bits per heavy atom. The Balaban J connectivity index is 1.64. The Bertz CT molecular complexity index is 1340. The molecule has 2 unspecified atom stereocenters. The predicted octanol–water partition coefficient (Wildman–Crippen LogP) is 5.25. The Hall–Kier alpha value is -4.42. The Morgan fingerprint density at radius 2 is 1.22 bits per heavy atom. The summed E-state index contributed by atoms with van der Waals surface area (Å²) in [4.78, 5) is 27.1. The van der Waals surface area contributed by atoms with Gasteiger partial charge in [-0.1, -0.05) is 84.4 Å². The maximum absolute atomic E-state index is 13.7. The van der Waals surface area contributed by atoms with Crippen molar-refractivity contribution in [3.05, 3.63) is 136 Å². The summed E-state index contributed by atoms with van der Waals surface area (Å²) in [6.45, 7) is 0. The number of halogens is 1. The molecule has 0 aliphatic rings. The fraction of sp³-hybridized carbons (Fsp3) is 0.0690. The maximum atomic E-state index is 13.7. The summed E-state index contributed by atoms with van der Waals surface area (Å²) in [5.74, 6) is -2.08. The lowest BCUT2D eigenvalue weighted by atomic mass is 9.94. The number of hydrogen-bond acceptors (Lipinski definition) is 3. The van der Waals surface area contributed by atoms with Gasteiger partial charge in [0.15, 0.2) is 0 Å². The predicted molar refractivity (Wildman–Crippen MR) is 143 cm³/mol. The zero-order valence-electron chi connectivity index (χ0n) is 19.3. The van der Waals surface area contributed by atoms with Crippen LogP contribution < -0.4 is 16.4 Å². The van der Waals surface area contributed by atoms with Gasteiger partial charge in [-0.25, -0.2) is 0 Å². The van der Waals surface area contributed by atoms with Crippen LogP contribution in [-0.4, -0.2) is 17.6 Å². The van der Waals surface area contributed by atoms with Crippen molar-refractivity contribution in [1.29, 1.82) is 5.41 Å². The van der Waals surface area contributed by atoms with Crippen molar-refractivity contribution >= 4 is 34.9 Å². The molecule has 36 heavy (non-hydrogen) atoms. The second-order valence-corrected chi connectivity index (χ2v) is 8.66. The largest absolute Gasteiger partial charge is 0.384 e. The molecule has 4 aromatic rings. The van der Waals surface area contributed by atoms with E-state index in [-0.39, 0.29) is 5.84 Å². The van der Waals surface area contributed by atoms with E-state index in [4.69, 9.17) is 22.7 Å². The van der Waals surface area contributed by atoms with E-state index in [0.717, 1.165) is 11.1 Å². The van der Waals surface area contributed by atoms with E-state index in [2.05, 4.69) is 10.6 Å². The van der Waals surface area contributed by atoms with Gasteiger partial charge in [0.2, 0.25) is 11.8 Å². The van der Waals surface area contributed by atoms with Crippen molar-refractivity contribution in [2.45, 2.75) is 12.0 Å². The van der Waals surface area contributed by atoms with Crippen LogP contribution in [0.1, 0.15) is 34.2 Å². The molecule has 4 aromatic carbocycles. The van der Waals surface area contributed by atoms with Gasteiger partial charge in [0.25, 0.3) is 0 Å². The van der Waals surface area contributed by atoms with Crippen LogP contribution >= 0.6 is 11.6 Å². The number of carbonyl (C=O) groups is 2. The molecule has 6 nitrogen and oxygen atoms in total. The zero-order chi connectivity index (χ0) is 25.5. The van der Waals surface area contributed by atoms with Gasteiger partial charge < -0.3 is 16.4 Å². The third kappa shape index (κ3) is 5.98. The standard InChI is InChI=1S/C29H25ClN4O2/c30-23-15-11-21(12-16-23)26(20-9-5-2-6-10-20)34-29(36)25(19-7-3-1-4-8-19)28(35)33-24-17-13-22(14-18-24)27(31)32/h1-18,25-26H,(H3,31,32)(H,33,35)(H,34,36). The first kappa shape index (κ1) is 24.7. The van der Waals surface area contributed by atoms with Crippen LogP contribution in [0.5, 0.6) is 0 Å². The van der Waals surface area contributed by atoms with Crippen LogP contribution in [0.2, 0.25) is 5.02 Å². The molecule has 2 amide bonds. The van der Waals surface area contributed by atoms with Crippen LogP contribution in [0.4, 0.5) is 5.69 Å². The first-order chi connectivity index (χ1) is 17.4. The molecule has 0 fully saturated rings. The van der Waals surface area contributed by atoms with E-state index in [1.807, 2.05) is 48.5 Å². The van der Waals surface area contributed by atoms with Crippen molar-refractivity contribution in [3.8, 4) is 0 Å². The maximum Gasteiger partial charge on any atom is 0.241 e. The molecule has 4 rings (SSSR count). The minimum Gasteiger partial charge on any atom is -0.384 e. The highest BCUT2D eigenvalue weighted by Crippen LogP contribution is 2.26. The summed E-state index contributed by atoms with van der Waals surface area (Å²) in [5, 5.41) is 14.0. The summed E-state index contributed by atoms with van der Waals surface area (Å²) < 4.78 is 0. The molecule has 0 aliphatic carbocycles. The van der Waals surface area contributed by atoms with Gasteiger partial charge in [-0.2, -0.15) is 0 Å². The van der Waals surface area contributed by atoms with E-state index >= 15 is 0 Å². The summed E-state index contributed by atoms with van der Waals surface area (Å²) in [6, 6.07) is 31.8. The average Bonchev–Trinajstić information content (AvgIpc) is 2.89. The van der Waals surface area contributed by atoms with Gasteiger partial charge in [0.1, 0.15) is 11.8 Å². The molecule has 0 saturated carbocycles. The van der Waals surface area contributed by atoms with E-state index in [1.54, 1.807) is 60.7 Å². The molecule has 0 radical (unpaired) electrons. The molecule has 2 atom stereocenters. The normalized spacial score (nSPS) is 12.2. The van der Waals surface area contributed by atoms with Crippen molar-refractivity contribution < 1.29 is 9.59 Å². The van der Waals surface area contributed by atoms with Gasteiger partial charge in [-0.15, -0.1) is 0 Å². The first-order valence-corrected chi connectivity index (χ1v) is 11.7. The molecular formula is C29H25ClN4O2. The summed E-state index contributed by atoms with van der Waals surface area (Å²) in [6.07, 6.45) is 0. The SMILES string of the molecule is N=C(N)c1ccc(NC(=O)C(C(=O)NC(c2ccccc2)c2ccc(Cl)cc2)c2ccccc2)cc1. The number of nitrogens with one attached hydrogen (secondary N) is 3. The Labute approximate surface area is 214 Å². The van der Waals surface area contributed by atoms with Crippen molar-refractivity contribution in [1.82, 2.24) is 5.32 Å². The minimum atomic E-state index is -1.10. The van der Waals surface area contributed by atoms with Crippen molar-refractivity contribution in [2.75, 3.05) is 5.32 Å². The first-order valence-electron chi connectivity index (χ1n) is 11.3. The number of anilines is 1. The van der Waals surface area contributed by atoms with Crippen LogP contribution in [0.15, 0.2) is 109 Å². The molecular weight excluding hydrogens is 472 g/mol. The molecule has 0 heterocycles. The third-order valence-electron chi connectivity index (χ3n) is 5.74. The number of carbonyl (C=O) groups excluding carboxylic acids is 2. The zero-order valence-corrected chi connectivity index (χ0v) is 20.1. The van der Waals surface area contributed by atoms with Crippen LogP contribution in [0.25, 0.3) is 0 Å². The van der Waals surface area contributed by atoms with Gasteiger partial charge in [0.05, 0.1) is 6.04 Å². The van der Waals surface area contributed by atoms with E-state index < -0.39 is 23.8 Å². The summed E-state index contributed by atoms with van der Waals surface area (Å²) in [5.41, 5.74) is 8.83.